The van der Waals surface area contributed by atoms with Gasteiger partial charge in [-0.05, 0) is 115 Å². The number of nitrogens with one attached hydrogen (secondary N) is 4. The van der Waals surface area contributed by atoms with Crippen molar-refractivity contribution in [3.8, 4) is 33.8 Å². The fraction of sp³-hybridized carbons (Fsp3) is 0.333. The van der Waals surface area contributed by atoms with E-state index in [9.17, 15) is 59.1 Å². The van der Waals surface area contributed by atoms with Gasteiger partial charge in [0, 0.05) is 45.1 Å². The Hall–Kier alpha value is -9.78. The number of aryl methyl sites for hydroxylation is 2. The summed E-state index contributed by atoms with van der Waals surface area (Å²) in [6.45, 7) is -1.32. The van der Waals surface area contributed by atoms with E-state index in [-0.39, 0.29) is 115 Å². The van der Waals surface area contributed by atoms with Crippen LogP contribution >= 0.6 is 0 Å². The number of anilines is 3. The van der Waals surface area contributed by atoms with Crippen molar-refractivity contribution in [2.45, 2.75) is 70.3 Å². The van der Waals surface area contributed by atoms with Crippen LogP contribution in [0.5, 0.6) is 11.5 Å². The Labute approximate surface area is 465 Å². The van der Waals surface area contributed by atoms with Gasteiger partial charge in [-0.1, -0.05) is 10.4 Å². The molecule has 24 nitrogen and oxygen atoms in total. The van der Waals surface area contributed by atoms with E-state index >= 15 is 0 Å². The molecule has 7 aromatic rings. The van der Waals surface area contributed by atoms with Gasteiger partial charge in [-0.2, -0.15) is 10.2 Å². The maximum absolute atomic E-state index is 14.7. The SMILES string of the molecule is CNC(=O)c1cn(CC(F)CCc2ccc(NC(=O)Cc3cc(-c4cc(OC(F)(F)F)cc(-c5cc(OC(F)(F)F)cc(N6CCN(CC(=O)Nc7ccc(CCC(F)Cn8cc(C(=O)NC)nn8)nn7)C(=O)C6)c5)c4)ccn3)nn2)nn1. The number of halogens is 8. The minimum absolute atomic E-state index is 0.00897. The smallest absolute Gasteiger partial charge is 0.406 e. The highest BCUT2D eigenvalue weighted by molar-refractivity contribution is 5.95. The number of benzene rings is 2. The number of carbonyl (C=O) groups excluding carboxylic acids is 5. The van der Waals surface area contributed by atoms with Crippen molar-refractivity contribution >= 4 is 46.9 Å². The third-order valence-corrected chi connectivity index (χ3v) is 12.3. The molecule has 5 amide bonds. The first kappa shape index (κ1) is 59.3. The lowest BCUT2D eigenvalue weighted by Gasteiger charge is -2.35. The number of alkyl halides is 8. The van der Waals surface area contributed by atoms with E-state index in [4.69, 9.17) is 0 Å². The van der Waals surface area contributed by atoms with E-state index in [0.717, 1.165) is 24.3 Å². The first-order valence-electron chi connectivity index (χ1n) is 25.1. The molecule has 4 N–H and O–H groups in total. The fourth-order valence-corrected chi connectivity index (χ4v) is 8.36. The molecule has 83 heavy (non-hydrogen) atoms. The van der Waals surface area contributed by atoms with E-state index in [1.807, 2.05) is 0 Å². The molecule has 5 aromatic heterocycles. The third-order valence-electron chi connectivity index (χ3n) is 12.3. The number of rotatable bonds is 23. The first-order chi connectivity index (χ1) is 39.5. The van der Waals surface area contributed by atoms with Gasteiger partial charge >= 0.3 is 12.7 Å². The number of carbonyl (C=O) groups is 5. The number of amides is 5. The van der Waals surface area contributed by atoms with Gasteiger partial charge in [0.2, 0.25) is 17.7 Å². The molecule has 0 saturated carbocycles. The summed E-state index contributed by atoms with van der Waals surface area (Å²) in [6, 6.07) is 15.4. The monoisotopic (exact) mass is 1160 g/mol. The molecule has 0 spiro atoms. The molecule has 2 unspecified atom stereocenters. The second-order valence-corrected chi connectivity index (χ2v) is 18.5. The van der Waals surface area contributed by atoms with Crippen LogP contribution in [-0.2, 0) is 46.7 Å². The normalized spacial score (nSPS) is 13.5. The van der Waals surface area contributed by atoms with Crippen molar-refractivity contribution < 1.29 is 68.6 Å². The average Bonchev–Trinajstić information content (AvgIpc) is 4.10. The fourth-order valence-electron chi connectivity index (χ4n) is 8.36. The van der Waals surface area contributed by atoms with Crippen molar-refractivity contribution in [3.05, 3.63) is 120 Å². The summed E-state index contributed by atoms with van der Waals surface area (Å²) in [5.41, 5.74) is 1.18. The number of nitrogens with zero attached hydrogens (tertiary/aromatic N) is 13. The summed E-state index contributed by atoms with van der Waals surface area (Å²) < 4.78 is 123. The maximum atomic E-state index is 14.7. The molecule has 8 rings (SSSR count). The predicted molar refractivity (Wildman–Crippen MR) is 276 cm³/mol. The van der Waals surface area contributed by atoms with Gasteiger partial charge in [0.05, 0.1) is 55.5 Å². The summed E-state index contributed by atoms with van der Waals surface area (Å²) in [4.78, 5) is 69.9. The summed E-state index contributed by atoms with van der Waals surface area (Å²) in [7, 11) is 2.85. The maximum Gasteiger partial charge on any atom is 0.573 e. The van der Waals surface area contributed by atoms with Gasteiger partial charge in [-0.15, -0.1) is 46.7 Å². The van der Waals surface area contributed by atoms with Crippen molar-refractivity contribution in [3.63, 3.8) is 0 Å². The molecule has 1 aliphatic rings. The van der Waals surface area contributed by atoms with Crippen LogP contribution in [0.15, 0.2) is 91.4 Å². The molecule has 2 atom stereocenters. The zero-order valence-corrected chi connectivity index (χ0v) is 43.8. The summed E-state index contributed by atoms with van der Waals surface area (Å²) in [6.07, 6.45) is -9.20. The van der Waals surface area contributed by atoms with Gasteiger partial charge in [0.1, 0.15) is 30.4 Å². The van der Waals surface area contributed by atoms with Gasteiger partial charge in [-0.3, -0.25) is 29.0 Å². The van der Waals surface area contributed by atoms with Crippen LogP contribution in [0.2, 0.25) is 0 Å². The number of piperazine rings is 1. The molecule has 1 saturated heterocycles. The molecule has 0 aliphatic carbocycles. The quantitative estimate of drug-likeness (QED) is 0.0606. The molecular formula is C51H49F8N17O7. The minimum atomic E-state index is -5.22. The molecule has 32 heteroatoms. The van der Waals surface area contributed by atoms with Crippen LogP contribution in [0.25, 0.3) is 22.3 Å². The number of hydrogen-bond acceptors (Lipinski definition) is 17. The van der Waals surface area contributed by atoms with Crippen LogP contribution in [0, 0.1) is 0 Å². The molecule has 6 heterocycles. The highest BCUT2D eigenvalue weighted by Gasteiger charge is 2.34. The molecular weight excluding hydrogens is 1110 g/mol. The largest absolute Gasteiger partial charge is 0.573 e. The summed E-state index contributed by atoms with van der Waals surface area (Å²) in [5, 5.41) is 40.7. The lowest BCUT2D eigenvalue weighted by atomic mass is 9.97. The second kappa shape index (κ2) is 26.2. The molecule has 0 bridgehead atoms. The van der Waals surface area contributed by atoms with E-state index in [1.54, 1.807) is 0 Å². The predicted octanol–water partition coefficient (Wildman–Crippen LogP) is 5.11. The number of pyridine rings is 1. The molecule has 2 aromatic carbocycles. The Morgan fingerprint density at radius 3 is 1.63 bits per heavy atom. The standard InChI is InChI=1S/C51H49F8N17O7/c1-60-48(80)41-25-75(71-67-41)23-33(52)3-5-35-7-9-43(69-65-35)63-45(77)21-37-16-29(11-12-62-37)30-15-31(19-39(18-30)82-50(54,55)56)32-17-38(22-40(20-32)83-51(57,58)59)73-13-14-74(47(79)28-73)27-46(78)64-44-10-8-36(66-70-44)6-4-34(53)24-76-26-42(68-72-76)49(81)61-2/h7-12,15-20,22,25-26,33-34H,3-6,13-14,21,23-24,27-28H2,1-2H3,(H,60,80)(H,61,81)(H,63,69,77)(H,64,70,78). The lowest BCUT2D eigenvalue weighted by molar-refractivity contribution is -0.275. The van der Waals surface area contributed by atoms with Crippen molar-refractivity contribution in [1.82, 2.24) is 70.9 Å². The van der Waals surface area contributed by atoms with Crippen LogP contribution < -0.4 is 35.6 Å². The van der Waals surface area contributed by atoms with E-state index < -0.39 is 79.2 Å². The zero-order valence-electron chi connectivity index (χ0n) is 43.8. The molecule has 1 fully saturated rings. The summed E-state index contributed by atoms with van der Waals surface area (Å²) in [5.74, 6) is -4.26. The Kier molecular flexibility index (Phi) is 18.7. The zero-order chi connectivity index (χ0) is 59.4. The van der Waals surface area contributed by atoms with Crippen LogP contribution in [-0.4, -0.2) is 155 Å². The Morgan fingerprint density at radius 2 is 1.12 bits per heavy atom. The van der Waals surface area contributed by atoms with Crippen LogP contribution in [0.4, 0.5) is 52.4 Å². The third kappa shape index (κ3) is 17.4. The van der Waals surface area contributed by atoms with Crippen molar-refractivity contribution in [1.29, 1.82) is 0 Å². The number of ether oxygens (including phenoxy) is 2. The Balaban J connectivity index is 0.892. The molecule has 436 valence electrons. The van der Waals surface area contributed by atoms with Gasteiger partial charge in [-0.25, -0.2) is 18.1 Å². The summed E-state index contributed by atoms with van der Waals surface area (Å²) >= 11 is 0. The van der Waals surface area contributed by atoms with E-state index in [2.05, 4.69) is 76.7 Å². The van der Waals surface area contributed by atoms with Crippen molar-refractivity contribution in [2.24, 2.45) is 0 Å². The van der Waals surface area contributed by atoms with Crippen LogP contribution in [0.1, 0.15) is 50.9 Å². The lowest BCUT2D eigenvalue weighted by Crippen LogP contribution is -2.52. The van der Waals surface area contributed by atoms with Gasteiger partial charge < -0.3 is 40.5 Å². The Bertz CT molecular complexity index is 3440. The minimum Gasteiger partial charge on any atom is -0.406 e. The van der Waals surface area contributed by atoms with Gasteiger partial charge in [0.15, 0.2) is 23.0 Å². The van der Waals surface area contributed by atoms with E-state index in [1.165, 1.54) is 100 Å². The van der Waals surface area contributed by atoms with Crippen LogP contribution in [0.3, 0.4) is 0 Å². The molecule has 0 radical (unpaired) electrons. The molecule has 1 aliphatic heterocycles. The number of aromatic nitrogens is 11. The van der Waals surface area contributed by atoms with Crippen molar-refractivity contribution in [2.75, 3.05) is 55.8 Å². The Morgan fingerprint density at radius 1 is 0.602 bits per heavy atom. The topological polar surface area (TPSA) is 284 Å². The highest BCUT2D eigenvalue weighted by atomic mass is 19.4. The van der Waals surface area contributed by atoms with E-state index in [0.29, 0.717) is 11.4 Å². The first-order valence-corrected chi connectivity index (χ1v) is 25.1. The average molecular weight is 1160 g/mol. The number of hydrogen-bond donors (Lipinski definition) is 4. The highest BCUT2D eigenvalue weighted by Crippen LogP contribution is 2.39. The van der Waals surface area contributed by atoms with Gasteiger partial charge in [0.25, 0.3) is 11.8 Å². The second-order valence-electron chi connectivity index (χ2n) is 18.5.